The van der Waals surface area contributed by atoms with Gasteiger partial charge in [0.05, 0.1) is 18.1 Å². The van der Waals surface area contributed by atoms with Gasteiger partial charge in [-0.05, 0) is 36.6 Å². The molecule has 0 saturated carbocycles. The van der Waals surface area contributed by atoms with Crippen molar-refractivity contribution in [1.29, 1.82) is 0 Å². The van der Waals surface area contributed by atoms with Crippen molar-refractivity contribution in [2.75, 3.05) is 13.1 Å². The second-order valence-electron chi connectivity index (χ2n) is 7.35. The average Bonchev–Trinajstić information content (AvgIpc) is 2.94. The molecule has 0 unspecified atom stereocenters. The van der Waals surface area contributed by atoms with E-state index in [9.17, 15) is 18.8 Å². The number of benzene rings is 2. The Bertz CT molecular complexity index is 984. The van der Waals surface area contributed by atoms with Crippen LogP contribution < -0.4 is 5.32 Å². The molecule has 6 nitrogen and oxygen atoms in total. The lowest BCUT2D eigenvalue weighted by molar-refractivity contribution is -0.133. The molecule has 8 heteroatoms. The van der Waals surface area contributed by atoms with Crippen LogP contribution in [0.1, 0.15) is 28.8 Å². The molecule has 2 aliphatic heterocycles. The number of carbonyl (C=O) groups is 3. The van der Waals surface area contributed by atoms with E-state index < -0.39 is 17.4 Å². The predicted octanol–water partition coefficient (Wildman–Crippen LogP) is 3.21. The van der Waals surface area contributed by atoms with Crippen LogP contribution in [-0.2, 0) is 11.3 Å². The molecule has 150 valence electrons. The van der Waals surface area contributed by atoms with E-state index in [1.165, 1.54) is 21.9 Å². The minimum Gasteiger partial charge on any atom is -0.336 e. The monoisotopic (exact) mass is 415 g/mol. The number of urea groups is 1. The molecule has 2 heterocycles. The summed E-state index contributed by atoms with van der Waals surface area (Å²) in [5.41, 5.74) is -0.0482. The molecule has 2 aromatic rings. The molecule has 0 bridgehead atoms. The van der Waals surface area contributed by atoms with E-state index in [0.717, 1.165) is 11.6 Å². The number of rotatable bonds is 3. The van der Waals surface area contributed by atoms with Crippen LogP contribution in [0.3, 0.4) is 0 Å². The molecular weight excluding hydrogens is 397 g/mol. The third kappa shape index (κ3) is 3.58. The zero-order valence-corrected chi connectivity index (χ0v) is 16.3. The zero-order chi connectivity index (χ0) is 20.6. The van der Waals surface area contributed by atoms with E-state index in [4.69, 9.17) is 11.6 Å². The maximum absolute atomic E-state index is 13.4. The molecule has 4 amide bonds. The van der Waals surface area contributed by atoms with E-state index in [1.54, 1.807) is 0 Å². The Morgan fingerprint density at radius 2 is 1.93 bits per heavy atom. The fraction of sp³-hybridized carbons (Fsp3) is 0.286. The molecule has 2 saturated heterocycles. The Labute approximate surface area is 172 Å². The van der Waals surface area contributed by atoms with Crippen LogP contribution in [-0.4, -0.2) is 46.3 Å². The Morgan fingerprint density at radius 1 is 1.17 bits per heavy atom. The molecular formula is C21H19ClFN3O3. The van der Waals surface area contributed by atoms with Crippen molar-refractivity contribution in [1.82, 2.24) is 15.1 Å². The quantitative estimate of drug-likeness (QED) is 0.782. The second kappa shape index (κ2) is 7.48. The van der Waals surface area contributed by atoms with Crippen LogP contribution in [0.5, 0.6) is 0 Å². The number of amides is 4. The number of imide groups is 1. The van der Waals surface area contributed by atoms with Gasteiger partial charge >= 0.3 is 6.03 Å². The van der Waals surface area contributed by atoms with Crippen LogP contribution in [0.15, 0.2) is 48.5 Å². The lowest BCUT2D eigenvalue weighted by atomic mass is 9.88. The van der Waals surface area contributed by atoms with Gasteiger partial charge in [-0.15, -0.1) is 0 Å². The normalized spacial score (nSPS) is 21.6. The zero-order valence-electron chi connectivity index (χ0n) is 15.5. The summed E-state index contributed by atoms with van der Waals surface area (Å²) in [7, 11) is 0. The van der Waals surface area contributed by atoms with Gasteiger partial charge in [0.15, 0.2) is 0 Å². The molecule has 1 spiro atoms. The van der Waals surface area contributed by atoms with E-state index in [-0.39, 0.29) is 35.5 Å². The minimum atomic E-state index is -1.14. The summed E-state index contributed by atoms with van der Waals surface area (Å²) in [6.07, 6.45) is 1.02. The van der Waals surface area contributed by atoms with Crippen molar-refractivity contribution in [3.63, 3.8) is 0 Å². The highest BCUT2D eigenvalue weighted by Gasteiger charge is 2.53. The van der Waals surface area contributed by atoms with Crippen molar-refractivity contribution < 1.29 is 18.8 Å². The first-order chi connectivity index (χ1) is 13.9. The number of hydrogen-bond donors (Lipinski definition) is 1. The van der Waals surface area contributed by atoms with Gasteiger partial charge in [0.1, 0.15) is 11.4 Å². The molecule has 2 fully saturated rings. The lowest BCUT2D eigenvalue weighted by Gasteiger charge is -2.38. The Morgan fingerprint density at radius 3 is 2.66 bits per heavy atom. The molecule has 1 atom stereocenters. The van der Waals surface area contributed by atoms with Gasteiger partial charge in [-0.2, -0.15) is 0 Å². The predicted molar refractivity (Wildman–Crippen MR) is 105 cm³/mol. The second-order valence-corrected chi connectivity index (χ2v) is 7.76. The van der Waals surface area contributed by atoms with Crippen LogP contribution in [0.4, 0.5) is 9.18 Å². The summed E-state index contributed by atoms with van der Waals surface area (Å²) < 4.78 is 13.4. The van der Waals surface area contributed by atoms with Gasteiger partial charge < -0.3 is 10.2 Å². The molecule has 2 aliphatic rings. The largest absolute Gasteiger partial charge is 0.336 e. The van der Waals surface area contributed by atoms with Gasteiger partial charge in [0.2, 0.25) is 0 Å². The highest BCUT2D eigenvalue weighted by Crippen LogP contribution is 2.30. The van der Waals surface area contributed by atoms with Crippen molar-refractivity contribution in [2.24, 2.45) is 0 Å². The van der Waals surface area contributed by atoms with E-state index >= 15 is 0 Å². The maximum atomic E-state index is 13.4. The standard InChI is InChI=1S/C21H19ClFN3O3/c22-16-11-15(7-8-17(16)23)18(27)25-10-4-9-21(13-25)19(28)26(20(29)24-21)12-14-5-2-1-3-6-14/h1-3,5-8,11H,4,9-10,12-13H2,(H,24,29)/t21-/m1/s1. The SMILES string of the molecule is O=C(c1ccc(F)c(Cl)c1)N1CCC[C@]2(C1)NC(=O)N(Cc1ccccc1)C2=O. The summed E-state index contributed by atoms with van der Waals surface area (Å²) in [6, 6.07) is 12.6. The van der Waals surface area contributed by atoms with Crippen molar-refractivity contribution in [2.45, 2.75) is 24.9 Å². The van der Waals surface area contributed by atoms with Gasteiger partial charge in [0, 0.05) is 12.1 Å². The molecule has 0 radical (unpaired) electrons. The van der Waals surface area contributed by atoms with Crippen LogP contribution in [0.2, 0.25) is 5.02 Å². The van der Waals surface area contributed by atoms with Crippen LogP contribution in [0.25, 0.3) is 0 Å². The fourth-order valence-corrected chi connectivity index (χ4v) is 4.08. The van der Waals surface area contributed by atoms with Crippen LogP contribution >= 0.6 is 11.6 Å². The summed E-state index contributed by atoms with van der Waals surface area (Å²) in [6.45, 7) is 0.683. The van der Waals surface area contributed by atoms with Crippen molar-refractivity contribution >= 4 is 29.4 Å². The Kier molecular flexibility index (Phi) is 5.00. The van der Waals surface area contributed by atoms with Gasteiger partial charge in [-0.25, -0.2) is 9.18 Å². The Hall–Kier alpha value is -2.93. The molecule has 1 N–H and O–H groups in total. The minimum absolute atomic E-state index is 0.0662. The molecule has 0 aromatic heterocycles. The van der Waals surface area contributed by atoms with Gasteiger partial charge in [-0.3, -0.25) is 14.5 Å². The summed E-state index contributed by atoms with van der Waals surface area (Å²) in [4.78, 5) is 41.2. The van der Waals surface area contributed by atoms with Crippen molar-refractivity contribution in [3.8, 4) is 0 Å². The highest BCUT2D eigenvalue weighted by atomic mass is 35.5. The number of hydrogen-bond acceptors (Lipinski definition) is 3. The lowest BCUT2D eigenvalue weighted by Crippen LogP contribution is -2.59. The topological polar surface area (TPSA) is 69.7 Å². The fourth-order valence-electron chi connectivity index (χ4n) is 3.90. The van der Waals surface area contributed by atoms with E-state index in [1.807, 2.05) is 30.3 Å². The van der Waals surface area contributed by atoms with Gasteiger partial charge in [-0.1, -0.05) is 41.9 Å². The number of likely N-dealkylation sites (tertiary alicyclic amines) is 1. The first-order valence-corrected chi connectivity index (χ1v) is 9.70. The van der Waals surface area contributed by atoms with E-state index in [2.05, 4.69) is 5.32 Å². The highest BCUT2D eigenvalue weighted by molar-refractivity contribution is 6.31. The number of halogens is 2. The first kappa shape index (κ1) is 19.4. The third-order valence-electron chi connectivity index (χ3n) is 5.38. The summed E-state index contributed by atoms with van der Waals surface area (Å²) in [5.74, 6) is -1.29. The molecule has 29 heavy (non-hydrogen) atoms. The van der Waals surface area contributed by atoms with Gasteiger partial charge in [0.25, 0.3) is 11.8 Å². The first-order valence-electron chi connectivity index (χ1n) is 9.32. The smallest absolute Gasteiger partial charge is 0.325 e. The number of piperidine rings is 1. The number of nitrogens with zero attached hydrogens (tertiary/aromatic N) is 2. The average molecular weight is 416 g/mol. The Balaban J connectivity index is 1.53. The maximum Gasteiger partial charge on any atom is 0.325 e. The molecule has 2 aromatic carbocycles. The number of nitrogens with one attached hydrogen (secondary N) is 1. The third-order valence-corrected chi connectivity index (χ3v) is 5.67. The summed E-state index contributed by atoms with van der Waals surface area (Å²) in [5, 5.41) is 2.67. The van der Waals surface area contributed by atoms with E-state index in [0.29, 0.717) is 19.4 Å². The van der Waals surface area contributed by atoms with Crippen molar-refractivity contribution in [3.05, 3.63) is 70.5 Å². The number of carbonyl (C=O) groups excluding carboxylic acids is 3. The summed E-state index contributed by atoms with van der Waals surface area (Å²) >= 11 is 5.79. The van der Waals surface area contributed by atoms with Crippen LogP contribution in [0, 0.1) is 5.82 Å². The molecule has 0 aliphatic carbocycles. The molecule has 4 rings (SSSR count).